The van der Waals surface area contributed by atoms with Crippen LogP contribution in [0.15, 0.2) is 42.7 Å². The molecule has 0 spiro atoms. The second-order valence-electron chi connectivity index (χ2n) is 4.77. The second-order valence-corrected chi connectivity index (χ2v) is 4.77. The number of hydrogen-bond acceptors (Lipinski definition) is 3. The Bertz CT molecular complexity index is 539. The van der Waals surface area contributed by atoms with Crippen molar-refractivity contribution in [2.75, 3.05) is 0 Å². The predicted octanol–water partition coefficient (Wildman–Crippen LogP) is 2.09. The Balaban J connectivity index is 1.73. The Kier molecular flexibility index (Phi) is 3.09. The number of pyridine rings is 1. The number of hydrogen-bond donors (Lipinski definition) is 1. The Labute approximate surface area is 107 Å². The highest BCUT2D eigenvalue weighted by Gasteiger charge is 2.18. The molecule has 1 N–H and O–H groups in total. The highest BCUT2D eigenvalue weighted by Crippen LogP contribution is 2.25. The molecule has 92 valence electrons. The van der Waals surface area contributed by atoms with Crippen molar-refractivity contribution in [1.29, 1.82) is 0 Å². The number of aromatic nitrogens is 1. The largest absolute Gasteiger partial charge is 0.392 e. The number of aliphatic hydroxyl groups is 1. The van der Waals surface area contributed by atoms with Gasteiger partial charge in [-0.3, -0.25) is 9.88 Å². The summed E-state index contributed by atoms with van der Waals surface area (Å²) in [5, 5.41) is 9.15. The summed E-state index contributed by atoms with van der Waals surface area (Å²) in [6.45, 7) is 2.99. The summed E-state index contributed by atoms with van der Waals surface area (Å²) in [7, 11) is 0. The van der Waals surface area contributed by atoms with Crippen molar-refractivity contribution in [3.05, 3.63) is 65.0 Å². The van der Waals surface area contributed by atoms with Gasteiger partial charge in [-0.1, -0.05) is 24.3 Å². The van der Waals surface area contributed by atoms with Crippen LogP contribution in [-0.4, -0.2) is 15.0 Å². The zero-order valence-electron chi connectivity index (χ0n) is 10.2. The number of rotatable bonds is 3. The summed E-state index contributed by atoms with van der Waals surface area (Å²) in [6.07, 6.45) is 3.72. The van der Waals surface area contributed by atoms with Crippen LogP contribution in [0.5, 0.6) is 0 Å². The van der Waals surface area contributed by atoms with E-state index in [9.17, 15) is 0 Å². The molecule has 0 radical (unpaired) electrons. The van der Waals surface area contributed by atoms with Gasteiger partial charge >= 0.3 is 0 Å². The van der Waals surface area contributed by atoms with E-state index in [0.29, 0.717) is 0 Å². The Hall–Kier alpha value is -1.71. The van der Waals surface area contributed by atoms with Gasteiger partial charge in [0.05, 0.1) is 6.61 Å². The molecule has 3 rings (SSSR count). The molecule has 18 heavy (non-hydrogen) atoms. The minimum absolute atomic E-state index is 0.121. The lowest BCUT2D eigenvalue weighted by Crippen LogP contribution is -2.15. The molecule has 0 aliphatic carbocycles. The molecule has 1 aliphatic rings. The van der Waals surface area contributed by atoms with Crippen LogP contribution in [0.2, 0.25) is 0 Å². The first-order chi connectivity index (χ1) is 8.85. The van der Waals surface area contributed by atoms with Gasteiger partial charge in [0.1, 0.15) is 0 Å². The Morgan fingerprint density at radius 1 is 1.11 bits per heavy atom. The Morgan fingerprint density at radius 3 is 2.78 bits per heavy atom. The van der Waals surface area contributed by atoms with Crippen molar-refractivity contribution in [1.82, 2.24) is 9.88 Å². The lowest BCUT2D eigenvalue weighted by Gasteiger charge is -2.14. The van der Waals surface area contributed by atoms with Crippen LogP contribution in [-0.2, 0) is 26.2 Å². The van der Waals surface area contributed by atoms with Crippen LogP contribution in [0.3, 0.4) is 0 Å². The van der Waals surface area contributed by atoms with Crippen LogP contribution in [0.4, 0.5) is 0 Å². The SMILES string of the molecule is OCc1ccc2c(c1)CN(Cc1cccnc1)C2. The van der Waals surface area contributed by atoms with Gasteiger partial charge in [0.25, 0.3) is 0 Å². The fourth-order valence-corrected chi connectivity index (χ4v) is 2.48. The average Bonchev–Trinajstić information content (AvgIpc) is 2.80. The fourth-order valence-electron chi connectivity index (χ4n) is 2.48. The zero-order chi connectivity index (χ0) is 12.4. The molecular formula is C15H16N2O. The smallest absolute Gasteiger partial charge is 0.0681 e. The van der Waals surface area contributed by atoms with Crippen molar-refractivity contribution in [3.63, 3.8) is 0 Å². The summed E-state index contributed by atoms with van der Waals surface area (Å²) in [4.78, 5) is 6.54. The monoisotopic (exact) mass is 240 g/mol. The van der Waals surface area contributed by atoms with E-state index >= 15 is 0 Å². The van der Waals surface area contributed by atoms with Crippen LogP contribution in [0, 0.1) is 0 Å². The number of benzene rings is 1. The topological polar surface area (TPSA) is 36.4 Å². The van der Waals surface area contributed by atoms with Gasteiger partial charge in [-0.2, -0.15) is 0 Å². The average molecular weight is 240 g/mol. The third-order valence-electron chi connectivity index (χ3n) is 3.37. The standard InChI is InChI=1S/C15H16N2O/c18-11-12-3-4-14-9-17(10-15(14)6-12)8-13-2-1-5-16-7-13/h1-7,18H,8-11H2. The molecule has 0 atom stereocenters. The van der Waals surface area contributed by atoms with Crippen molar-refractivity contribution in [2.45, 2.75) is 26.2 Å². The summed E-state index contributed by atoms with van der Waals surface area (Å²) < 4.78 is 0. The molecule has 3 heteroatoms. The highest BCUT2D eigenvalue weighted by atomic mass is 16.3. The number of nitrogens with zero attached hydrogens (tertiary/aromatic N) is 2. The minimum Gasteiger partial charge on any atom is -0.392 e. The molecular weight excluding hydrogens is 224 g/mol. The molecule has 0 amide bonds. The summed E-state index contributed by atoms with van der Waals surface area (Å²) in [6, 6.07) is 10.3. The van der Waals surface area contributed by atoms with Gasteiger partial charge in [0.15, 0.2) is 0 Å². The number of fused-ring (bicyclic) bond motifs is 1. The van der Waals surface area contributed by atoms with E-state index in [1.54, 1.807) is 6.20 Å². The number of aliphatic hydroxyl groups excluding tert-OH is 1. The molecule has 1 aromatic carbocycles. The van der Waals surface area contributed by atoms with E-state index in [2.05, 4.69) is 28.1 Å². The molecule has 0 saturated carbocycles. The molecule has 0 bridgehead atoms. The molecule has 0 unspecified atom stereocenters. The summed E-state index contributed by atoms with van der Waals surface area (Å²) in [5.41, 5.74) is 4.95. The first-order valence-corrected chi connectivity index (χ1v) is 6.18. The van der Waals surface area contributed by atoms with E-state index < -0.39 is 0 Å². The van der Waals surface area contributed by atoms with Gasteiger partial charge < -0.3 is 5.11 Å². The maximum absolute atomic E-state index is 9.15. The van der Waals surface area contributed by atoms with E-state index in [4.69, 9.17) is 5.11 Å². The van der Waals surface area contributed by atoms with Crippen LogP contribution in [0.1, 0.15) is 22.3 Å². The molecule has 2 aromatic rings. The maximum Gasteiger partial charge on any atom is 0.0681 e. The normalized spacial score (nSPS) is 14.7. The second kappa shape index (κ2) is 4.88. The summed E-state index contributed by atoms with van der Waals surface area (Å²) in [5.74, 6) is 0. The minimum atomic E-state index is 0.121. The van der Waals surface area contributed by atoms with Crippen LogP contribution < -0.4 is 0 Å². The van der Waals surface area contributed by atoms with E-state index in [1.807, 2.05) is 18.3 Å². The maximum atomic E-state index is 9.15. The lowest BCUT2D eigenvalue weighted by atomic mass is 10.1. The van der Waals surface area contributed by atoms with Crippen molar-refractivity contribution < 1.29 is 5.11 Å². The molecule has 1 aliphatic heterocycles. The fraction of sp³-hybridized carbons (Fsp3) is 0.267. The Morgan fingerprint density at radius 2 is 2.00 bits per heavy atom. The molecule has 2 heterocycles. The zero-order valence-corrected chi connectivity index (χ0v) is 10.2. The van der Waals surface area contributed by atoms with Gasteiger partial charge in [0.2, 0.25) is 0 Å². The molecule has 1 aromatic heterocycles. The summed E-state index contributed by atoms with van der Waals surface area (Å²) >= 11 is 0. The molecule has 3 nitrogen and oxygen atoms in total. The first kappa shape index (κ1) is 11.4. The van der Waals surface area contributed by atoms with E-state index in [0.717, 1.165) is 25.2 Å². The third-order valence-corrected chi connectivity index (χ3v) is 3.37. The first-order valence-electron chi connectivity index (χ1n) is 6.18. The van der Waals surface area contributed by atoms with E-state index in [-0.39, 0.29) is 6.61 Å². The predicted molar refractivity (Wildman–Crippen MR) is 69.6 cm³/mol. The van der Waals surface area contributed by atoms with Gasteiger partial charge in [-0.05, 0) is 28.3 Å². The lowest BCUT2D eigenvalue weighted by molar-refractivity contribution is 0.274. The highest BCUT2D eigenvalue weighted by molar-refractivity contribution is 5.34. The van der Waals surface area contributed by atoms with Crippen LogP contribution in [0.25, 0.3) is 0 Å². The van der Waals surface area contributed by atoms with Crippen molar-refractivity contribution in [3.8, 4) is 0 Å². The van der Waals surface area contributed by atoms with Gasteiger partial charge in [-0.15, -0.1) is 0 Å². The van der Waals surface area contributed by atoms with Crippen molar-refractivity contribution >= 4 is 0 Å². The van der Waals surface area contributed by atoms with Crippen molar-refractivity contribution in [2.24, 2.45) is 0 Å². The third kappa shape index (κ3) is 2.28. The van der Waals surface area contributed by atoms with E-state index in [1.165, 1.54) is 16.7 Å². The van der Waals surface area contributed by atoms with Gasteiger partial charge in [0, 0.05) is 32.0 Å². The van der Waals surface area contributed by atoms with Gasteiger partial charge in [-0.25, -0.2) is 0 Å². The molecule has 0 saturated heterocycles. The molecule has 0 fully saturated rings. The van der Waals surface area contributed by atoms with Crippen LogP contribution >= 0.6 is 0 Å². The quantitative estimate of drug-likeness (QED) is 0.892.